The molecule has 1 aromatic heterocycles. The summed E-state index contributed by atoms with van der Waals surface area (Å²) in [5.74, 6) is -0.710. The number of aromatic amines is 1. The van der Waals surface area contributed by atoms with E-state index in [0.29, 0.717) is 16.6 Å². The van der Waals surface area contributed by atoms with Gasteiger partial charge in [-0.25, -0.2) is 0 Å². The lowest BCUT2D eigenvalue weighted by Gasteiger charge is -2.05. The number of phenolic OH excluding ortho intramolecular Hbond substituents is 1. The molecule has 1 heterocycles. The van der Waals surface area contributed by atoms with Crippen LogP contribution in [0.3, 0.4) is 0 Å². The molecule has 0 unspecified atom stereocenters. The largest absolute Gasteiger partial charge is 0.508 e. The predicted octanol–water partition coefficient (Wildman–Crippen LogP) is 0.963. The van der Waals surface area contributed by atoms with Crippen LogP contribution < -0.4 is 10.9 Å². The van der Waals surface area contributed by atoms with E-state index in [0.717, 1.165) is 5.52 Å². The number of benzene rings is 1. The van der Waals surface area contributed by atoms with Crippen molar-refractivity contribution >= 4 is 22.7 Å². The maximum atomic E-state index is 11.9. The molecule has 6 heteroatoms. The van der Waals surface area contributed by atoms with Gasteiger partial charge in [0.25, 0.3) is 5.91 Å². The Balaban J connectivity index is 2.43. The van der Waals surface area contributed by atoms with Crippen molar-refractivity contribution in [3.8, 4) is 5.75 Å². The summed E-state index contributed by atoms with van der Waals surface area (Å²) in [4.78, 5) is 25.7. The molecule has 0 radical (unpaired) electrons. The van der Waals surface area contributed by atoms with Crippen LogP contribution >= 0.6 is 0 Å². The van der Waals surface area contributed by atoms with Gasteiger partial charge in [0.15, 0.2) is 0 Å². The number of carbonyl (C=O) groups excluding carboxylic acids is 2. The molecule has 0 bridgehead atoms. The molecule has 0 saturated heterocycles. The monoisotopic (exact) mass is 247 g/mol. The summed E-state index contributed by atoms with van der Waals surface area (Å²) in [6.07, 6.45) is 0. The molecule has 6 nitrogen and oxygen atoms in total. The van der Waals surface area contributed by atoms with E-state index < -0.39 is 5.91 Å². The number of aryl methyl sites for hydroxylation is 1. The van der Waals surface area contributed by atoms with Crippen molar-refractivity contribution in [2.24, 2.45) is 0 Å². The number of hydrogen-bond acceptors (Lipinski definition) is 3. The molecule has 18 heavy (non-hydrogen) atoms. The van der Waals surface area contributed by atoms with Crippen molar-refractivity contribution in [2.45, 2.75) is 13.8 Å². The molecular formula is C12H13N3O3. The minimum atomic E-state index is -0.431. The molecular weight excluding hydrogens is 234 g/mol. The van der Waals surface area contributed by atoms with E-state index in [1.54, 1.807) is 13.0 Å². The fourth-order valence-corrected chi connectivity index (χ4v) is 1.81. The van der Waals surface area contributed by atoms with Crippen molar-refractivity contribution in [3.05, 3.63) is 29.5 Å². The first kappa shape index (κ1) is 12.0. The zero-order valence-electron chi connectivity index (χ0n) is 10.00. The number of hydrogen-bond donors (Lipinski definition) is 4. The molecule has 0 atom stereocenters. The van der Waals surface area contributed by atoms with Gasteiger partial charge in [0, 0.05) is 23.5 Å². The van der Waals surface area contributed by atoms with Crippen LogP contribution in [0.4, 0.5) is 0 Å². The Hall–Kier alpha value is -2.50. The third-order valence-electron chi connectivity index (χ3n) is 2.55. The van der Waals surface area contributed by atoms with E-state index in [1.807, 2.05) is 0 Å². The van der Waals surface area contributed by atoms with Crippen molar-refractivity contribution in [1.29, 1.82) is 0 Å². The van der Waals surface area contributed by atoms with Crippen LogP contribution in [0.25, 0.3) is 10.9 Å². The fourth-order valence-electron chi connectivity index (χ4n) is 1.81. The quantitative estimate of drug-likeness (QED) is 0.565. The molecule has 0 spiro atoms. The first-order valence-electron chi connectivity index (χ1n) is 5.37. The number of aromatic hydroxyl groups is 1. The lowest BCUT2D eigenvalue weighted by molar-refractivity contribution is -0.119. The number of rotatable bonds is 1. The van der Waals surface area contributed by atoms with Crippen LogP contribution in [0.15, 0.2) is 18.2 Å². The van der Waals surface area contributed by atoms with Gasteiger partial charge in [-0.1, -0.05) is 0 Å². The van der Waals surface area contributed by atoms with E-state index >= 15 is 0 Å². The van der Waals surface area contributed by atoms with Crippen LogP contribution in [-0.2, 0) is 4.79 Å². The van der Waals surface area contributed by atoms with Gasteiger partial charge < -0.3 is 10.1 Å². The summed E-state index contributed by atoms with van der Waals surface area (Å²) < 4.78 is 0. The smallest absolute Gasteiger partial charge is 0.272 e. The summed E-state index contributed by atoms with van der Waals surface area (Å²) in [5, 5.41) is 10.1. The Kier molecular flexibility index (Phi) is 2.93. The maximum Gasteiger partial charge on any atom is 0.272 e. The van der Waals surface area contributed by atoms with Crippen molar-refractivity contribution < 1.29 is 14.7 Å². The standard InChI is InChI=1S/C12H13N3O3/c1-6-11(12(18)15-14-7(2)16)9-5-8(17)3-4-10(9)13-6/h3-5,13,17H,1-2H3,(H,14,16)(H,15,18). The topological polar surface area (TPSA) is 94.2 Å². The van der Waals surface area contributed by atoms with Gasteiger partial charge >= 0.3 is 0 Å². The highest BCUT2D eigenvalue weighted by atomic mass is 16.3. The average molecular weight is 247 g/mol. The lowest BCUT2D eigenvalue weighted by Crippen LogP contribution is -2.40. The van der Waals surface area contributed by atoms with Gasteiger partial charge in [0.1, 0.15) is 5.75 Å². The van der Waals surface area contributed by atoms with Crippen LogP contribution in [-0.4, -0.2) is 21.9 Å². The minimum absolute atomic E-state index is 0.0788. The SMILES string of the molecule is CC(=O)NNC(=O)c1c(C)[nH]c2ccc(O)cc12. The van der Waals surface area contributed by atoms with Crippen molar-refractivity contribution in [2.75, 3.05) is 0 Å². The Morgan fingerprint density at radius 1 is 1.28 bits per heavy atom. The van der Waals surface area contributed by atoms with Gasteiger partial charge in [0.05, 0.1) is 5.56 Å². The van der Waals surface area contributed by atoms with E-state index in [9.17, 15) is 14.7 Å². The molecule has 0 aliphatic rings. The Morgan fingerprint density at radius 2 is 2.00 bits per heavy atom. The molecule has 0 saturated carbocycles. The second kappa shape index (κ2) is 4.40. The zero-order chi connectivity index (χ0) is 13.3. The number of carbonyl (C=O) groups is 2. The predicted molar refractivity (Wildman–Crippen MR) is 66.0 cm³/mol. The summed E-state index contributed by atoms with van der Waals surface area (Å²) >= 11 is 0. The number of hydrazine groups is 1. The molecule has 1 aromatic carbocycles. The highest BCUT2D eigenvalue weighted by Gasteiger charge is 2.16. The maximum absolute atomic E-state index is 11.9. The zero-order valence-corrected chi connectivity index (χ0v) is 10.00. The second-order valence-corrected chi connectivity index (χ2v) is 3.99. The lowest BCUT2D eigenvalue weighted by atomic mass is 10.1. The summed E-state index contributed by atoms with van der Waals surface area (Å²) in [6.45, 7) is 3.05. The summed E-state index contributed by atoms with van der Waals surface area (Å²) in [5.41, 5.74) is 6.33. The third-order valence-corrected chi connectivity index (χ3v) is 2.55. The van der Waals surface area contributed by atoms with Gasteiger partial charge in [-0.15, -0.1) is 0 Å². The van der Waals surface area contributed by atoms with E-state index in [1.165, 1.54) is 19.1 Å². The molecule has 94 valence electrons. The number of fused-ring (bicyclic) bond motifs is 1. The highest BCUT2D eigenvalue weighted by Crippen LogP contribution is 2.25. The second-order valence-electron chi connectivity index (χ2n) is 3.99. The van der Waals surface area contributed by atoms with E-state index in [-0.39, 0.29) is 11.7 Å². The van der Waals surface area contributed by atoms with Gasteiger partial charge in [-0.05, 0) is 25.1 Å². The normalized spacial score (nSPS) is 10.3. The molecule has 0 fully saturated rings. The number of H-pyrrole nitrogens is 1. The van der Waals surface area contributed by atoms with Crippen LogP contribution in [0, 0.1) is 6.92 Å². The Morgan fingerprint density at radius 3 is 2.67 bits per heavy atom. The number of nitrogens with one attached hydrogen (secondary N) is 3. The van der Waals surface area contributed by atoms with Gasteiger partial charge in [-0.3, -0.25) is 20.4 Å². The molecule has 4 N–H and O–H groups in total. The number of amides is 2. The van der Waals surface area contributed by atoms with E-state index in [2.05, 4.69) is 15.8 Å². The van der Waals surface area contributed by atoms with Crippen molar-refractivity contribution in [3.63, 3.8) is 0 Å². The van der Waals surface area contributed by atoms with Crippen LogP contribution in [0.5, 0.6) is 5.75 Å². The highest BCUT2D eigenvalue weighted by molar-refractivity contribution is 6.08. The first-order valence-corrected chi connectivity index (χ1v) is 5.37. The van der Waals surface area contributed by atoms with E-state index in [4.69, 9.17) is 0 Å². The Labute approximate surface area is 103 Å². The number of phenols is 1. The van der Waals surface area contributed by atoms with Gasteiger partial charge in [0.2, 0.25) is 5.91 Å². The van der Waals surface area contributed by atoms with Crippen LogP contribution in [0.2, 0.25) is 0 Å². The molecule has 2 rings (SSSR count). The minimum Gasteiger partial charge on any atom is -0.508 e. The average Bonchev–Trinajstić information content (AvgIpc) is 2.61. The number of aromatic nitrogens is 1. The van der Waals surface area contributed by atoms with Gasteiger partial charge in [-0.2, -0.15) is 0 Å². The summed E-state index contributed by atoms with van der Waals surface area (Å²) in [7, 11) is 0. The van der Waals surface area contributed by atoms with Crippen LogP contribution in [0.1, 0.15) is 23.0 Å². The van der Waals surface area contributed by atoms with Crippen molar-refractivity contribution in [1.82, 2.24) is 15.8 Å². The molecule has 2 amide bonds. The molecule has 2 aromatic rings. The summed E-state index contributed by atoms with van der Waals surface area (Å²) in [6, 6.07) is 4.72. The third kappa shape index (κ3) is 2.13. The Bertz CT molecular complexity index is 631. The fraction of sp³-hybridized carbons (Fsp3) is 0.167. The first-order chi connectivity index (χ1) is 8.49. The molecule has 0 aliphatic heterocycles. The molecule has 0 aliphatic carbocycles.